The van der Waals surface area contributed by atoms with Crippen LogP contribution in [-0.2, 0) is 14.9 Å². The summed E-state index contributed by atoms with van der Waals surface area (Å²) in [5, 5.41) is 3.27. The maximum atomic E-state index is 5.97. The second-order valence-corrected chi connectivity index (χ2v) is 5.85. The molecule has 1 aromatic heterocycles. The van der Waals surface area contributed by atoms with Crippen LogP contribution in [0.15, 0.2) is 0 Å². The predicted octanol–water partition coefficient (Wildman–Crippen LogP) is 1.74. The van der Waals surface area contributed by atoms with Gasteiger partial charge in [0.25, 0.3) is 0 Å². The van der Waals surface area contributed by atoms with Gasteiger partial charge in [-0.05, 0) is 6.92 Å². The monoisotopic (exact) mass is 282 g/mol. The van der Waals surface area contributed by atoms with Gasteiger partial charge in [-0.1, -0.05) is 20.8 Å². The molecule has 1 rings (SSSR count). The number of nitrogen functional groups attached to an aromatic ring is 1. The zero-order valence-electron chi connectivity index (χ0n) is 13.3. The Balaban J connectivity index is 2.91. The Morgan fingerprint density at radius 3 is 2.40 bits per heavy atom. The van der Waals surface area contributed by atoms with E-state index < -0.39 is 0 Å². The molecule has 0 aromatic carbocycles. The summed E-state index contributed by atoms with van der Waals surface area (Å²) in [7, 11) is 3.31. The first-order valence-electron chi connectivity index (χ1n) is 6.69. The van der Waals surface area contributed by atoms with Gasteiger partial charge in [0, 0.05) is 31.7 Å². The number of methoxy groups -OCH3 is 2. The van der Waals surface area contributed by atoms with Crippen LogP contribution in [0.5, 0.6) is 0 Å². The molecule has 0 aliphatic heterocycles. The zero-order chi connectivity index (χ0) is 15.3. The average Bonchev–Trinajstić information content (AvgIpc) is 2.37. The molecule has 0 radical (unpaired) electrons. The summed E-state index contributed by atoms with van der Waals surface area (Å²) in [6, 6.07) is 0. The maximum Gasteiger partial charge on any atom is 0.138 e. The highest BCUT2D eigenvalue weighted by atomic mass is 16.5. The molecule has 6 nitrogen and oxygen atoms in total. The first kappa shape index (κ1) is 16.7. The molecule has 0 aliphatic rings. The van der Waals surface area contributed by atoms with Crippen molar-refractivity contribution in [2.45, 2.75) is 39.2 Å². The molecular formula is C14H26N4O2. The Morgan fingerprint density at radius 2 is 1.90 bits per heavy atom. The molecule has 0 saturated carbocycles. The molecule has 6 heteroatoms. The summed E-state index contributed by atoms with van der Waals surface area (Å²) in [5.74, 6) is 1.98. The SMILES string of the molecule is COCC(CNc1nc(C(C)(C)C)nc(N)c1C)OC. The van der Waals surface area contributed by atoms with Crippen molar-refractivity contribution >= 4 is 11.6 Å². The van der Waals surface area contributed by atoms with Gasteiger partial charge in [0.1, 0.15) is 17.5 Å². The number of nitrogens with one attached hydrogen (secondary N) is 1. The molecule has 1 atom stereocenters. The number of anilines is 2. The first-order chi connectivity index (χ1) is 9.29. The van der Waals surface area contributed by atoms with Crippen LogP contribution in [0.25, 0.3) is 0 Å². The highest BCUT2D eigenvalue weighted by molar-refractivity contribution is 5.55. The van der Waals surface area contributed by atoms with Gasteiger partial charge in [-0.15, -0.1) is 0 Å². The molecule has 0 fully saturated rings. The van der Waals surface area contributed by atoms with Crippen molar-refractivity contribution in [3.63, 3.8) is 0 Å². The van der Waals surface area contributed by atoms with Gasteiger partial charge in [0.05, 0.1) is 12.7 Å². The van der Waals surface area contributed by atoms with Crippen LogP contribution in [0.3, 0.4) is 0 Å². The van der Waals surface area contributed by atoms with E-state index in [-0.39, 0.29) is 11.5 Å². The molecule has 20 heavy (non-hydrogen) atoms. The third kappa shape index (κ3) is 4.31. The second kappa shape index (κ2) is 6.85. The number of nitrogens with two attached hydrogens (primary N) is 1. The molecule has 0 aliphatic carbocycles. The van der Waals surface area contributed by atoms with Crippen LogP contribution in [0, 0.1) is 6.92 Å². The van der Waals surface area contributed by atoms with E-state index >= 15 is 0 Å². The second-order valence-electron chi connectivity index (χ2n) is 5.85. The fourth-order valence-electron chi connectivity index (χ4n) is 1.65. The topological polar surface area (TPSA) is 82.3 Å². The van der Waals surface area contributed by atoms with Crippen LogP contribution in [-0.4, -0.2) is 43.4 Å². The molecule has 3 N–H and O–H groups in total. The highest BCUT2D eigenvalue weighted by Crippen LogP contribution is 2.24. The number of ether oxygens (including phenoxy) is 2. The number of hydrogen-bond acceptors (Lipinski definition) is 6. The number of nitrogens with zero attached hydrogens (tertiary/aromatic N) is 2. The van der Waals surface area contributed by atoms with E-state index in [1.165, 1.54) is 0 Å². The fourth-order valence-corrected chi connectivity index (χ4v) is 1.65. The summed E-state index contributed by atoms with van der Waals surface area (Å²) < 4.78 is 10.4. The molecule has 0 spiro atoms. The lowest BCUT2D eigenvalue weighted by Gasteiger charge is -2.21. The highest BCUT2D eigenvalue weighted by Gasteiger charge is 2.20. The number of hydrogen-bond donors (Lipinski definition) is 2. The minimum atomic E-state index is -0.147. The van der Waals surface area contributed by atoms with E-state index in [1.807, 2.05) is 6.92 Å². The van der Waals surface area contributed by atoms with Crippen molar-refractivity contribution in [1.82, 2.24) is 9.97 Å². The van der Waals surface area contributed by atoms with Gasteiger partial charge in [-0.2, -0.15) is 0 Å². The number of aromatic nitrogens is 2. The largest absolute Gasteiger partial charge is 0.383 e. The zero-order valence-corrected chi connectivity index (χ0v) is 13.3. The quantitative estimate of drug-likeness (QED) is 0.827. The van der Waals surface area contributed by atoms with Gasteiger partial charge in [-0.3, -0.25) is 0 Å². The van der Waals surface area contributed by atoms with Crippen LogP contribution in [0.2, 0.25) is 0 Å². The van der Waals surface area contributed by atoms with Crippen molar-refractivity contribution in [1.29, 1.82) is 0 Å². The third-order valence-electron chi connectivity index (χ3n) is 3.04. The molecule has 1 heterocycles. The lowest BCUT2D eigenvalue weighted by Crippen LogP contribution is -2.28. The van der Waals surface area contributed by atoms with Gasteiger partial charge in [-0.25, -0.2) is 9.97 Å². The Labute approximate surface area is 121 Å². The summed E-state index contributed by atoms with van der Waals surface area (Å²) in [6.45, 7) is 9.21. The lowest BCUT2D eigenvalue weighted by molar-refractivity contribution is 0.0365. The summed E-state index contributed by atoms with van der Waals surface area (Å²) >= 11 is 0. The minimum Gasteiger partial charge on any atom is -0.383 e. The van der Waals surface area contributed by atoms with Crippen molar-refractivity contribution in [2.24, 2.45) is 0 Å². The van der Waals surface area contributed by atoms with Gasteiger partial charge >= 0.3 is 0 Å². The number of rotatable bonds is 6. The van der Waals surface area contributed by atoms with Crippen LogP contribution in [0.1, 0.15) is 32.2 Å². The molecule has 0 amide bonds. The molecule has 0 saturated heterocycles. The van der Waals surface area contributed by atoms with Crippen molar-refractivity contribution in [3.05, 3.63) is 11.4 Å². The summed E-state index contributed by atoms with van der Waals surface area (Å²) in [5.41, 5.74) is 6.67. The van der Waals surface area contributed by atoms with E-state index in [2.05, 4.69) is 36.1 Å². The Hall–Kier alpha value is -1.40. The third-order valence-corrected chi connectivity index (χ3v) is 3.04. The standard InChI is InChI=1S/C14H26N4O2/c1-9-11(15)17-13(14(2,3)4)18-12(9)16-7-10(20-6)8-19-5/h10H,7-8H2,1-6H3,(H3,15,16,17,18). The normalized spacial score (nSPS) is 13.3. The maximum absolute atomic E-state index is 5.97. The Morgan fingerprint density at radius 1 is 1.25 bits per heavy atom. The van der Waals surface area contributed by atoms with E-state index in [0.29, 0.717) is 19.0 Å². The fraction of sp³-hybridized carbons (Fsp3) is 0.714. The summed E-state index contributed by atoms with van der Waals surface area (Å²) in [4.78, 5) is 8.93. The van der Waals surface area contributed by atoms with E-state index in [1.54, 1.807) is 14.2 Å². The molecule has 114 valence electrons. The van der Waals surface area contributed by atoms with Gasteiger partial charge < -0.3 is 20.5 Å². The smallest absolute Gasteiger partial charge is 0.138 e. The summed E-state index contributed by atoms with van der Waals surface area (Å²) in [6.07, 6.45) is -0.0336. The minimum absolute atomic E-state index is 0.0336. The van der Waals surface area contributed by atoms with Crippen LogP contribution in [0.4, 0.5) is 11.6 Å². The van der Waals surface area contributed by atoms with Gasteiger partial charge in [0.15, 0.2) is 0 Å². The molecule has 1 aromatic rings. The van der Waals surface area contributed by atoms with Crippen molar-refractivity contribution in [3.8, 4) is 0 Å². The van der Waals surface area contributed by atoms with Gasteiger partial charge in [0.2, 0.25) is 0 Å². The van der Waals surface area contributed by atoms with Crippen molar-refractivity contribution in [2.75, 3.05) is 38.4 Å². The Kier molecular flexibility index (Phi) is 5.71. The first-order valence-corrected chi connectivity index (χ1v) is 6.69. The van der Waals surface area contributed by atoms with Crippen molar-refractivity contribution < 1.29 is 9.47 Å². The predicted molar refractivity (Wildman–Crippen MR) is 81.0 cm³/mol. The molecule has 0 bridgehead atoms. The van der Waals surface area contributed by atoms with E-state index in [0.717, 1.165) is 17.2 Å². The van der Waals surface area contributed by atoms with E-state index in [9.17, 15) is 0 Å². The van der Waals surface area contributed by atoms with E-state index in [4.69, 9.17) is 15.2 Å². The Bertz CT molecular complexity index is 444. The lowest BCUT2D eigenvalue weighted by atomic mass is 9.95. The van der Waals surface area contributed by atoms with Crippen LogP contribution >= 0.6 is 0 Å². The molecule has 1 unspecified atom stereocenters. The molecular weight excluding hydrogens is 256 g/mol. The van der Waals surface area contributed by atoms with Crippen LogP contribution < -0.4 is 11.1 Å². The average molecular weight is 282 g/mol.